The van der Waals surface area contributed by atoms with Gasteiger partial charge in [-0.2, -0.15) is 0 Å². The van der Waals surface area contributed by atoms with Crippen molar-refractivity contribution < 1.29 is 13.1 Å². The Bertz CT molecular complexity index is 2120. The second kappa shape index (κ2) is 25.7. The van der Waals surface area contributed by atoms with E-state index in [1.165, 1.54) is 64.6 Å². The van der Waals surface area contributed by atoms with Gasteiger partial charge in [-0.1, -0.05) is 166 Å². The molecule has 5 rings (SSSR count). The van der Waals surface area contributed by atoms with E-state index in [1.54, 1.807) is 0 Å². The standard InChI is InChI=1S/C56H73N3.2ClH.Fe/c1-13-45(47-23-17-15-18-24-47)32-31-43(34-46(14-2)48-25-19-16-20-26-48)33-44-35-51(39(7)8)56(52(36-44)40(9)10)58-42(12)54-30-22-29-53(59-54)41(11)57-55-49(37(3)4)27-21-28-50(55)38(5)6;;;/h15-30,35-40,43,45-46H,13-14,31-34H2,1-12H3;2*1H;/q;;;+2/p-2. The van der Waals surface area contributed by atoms with E-state index in [9.17, 15) is 0 Å². The van der Waals surface area contributed by atoms with E-state index in [4.69, 9.17) is 35.2 Å². The molecule has 334 valence electrons. The fraction of sp³-hybridized carbons (Fsp3) is 0.446. The van der Waals surface area contributed by atoms with Crippen LogP contribution in [0.3, 0.4) is 0 Å². The van der Waals surface area contributed by atoms with Crippen LogP contribution in [0.2, 0.25) is 0 Å². The summed E-state index contributed by atoms with van der Waals surface area (Å²) < 4.78 is 0. The maximum atomic E-state index is 5.47. The van der Waals surface area contributed by atoms with Crippen LogP contribution in [0.25, 0.3) is 0 Å². The van der Waals surface area contributed by atoms with E-state index in [-0.39, 0.29) is 13.1 Å². The summed E-state index contributed by atoms with van der Waals surface area (Å²) in [5.74, 6) is 3.14. The fourth-order valence-electron chi connectivity index (χ4n) is 8.87. The monoisotopic (exact) mass is 913 g/mol. The molecule has 1 heterocycles. The van der Waals surface area contributed by atoms with Gasteiger partial charge in [-0.25, -0.2) is 4.98 Å². The molecule has 0 aliphatic heterocycles. The first-order valence-electron chi connectivity index (χ1n) is 23.0. The molecule has 0 saturated carbocycles. The number of rotatable bonds is 19. The number of hydrogen-bond acceptors (Lipinski definition) is 3. The van der Waals surface area contributed by atoms with Crippen LogP contribution in [0, 0.1) is 5.92 Å². The average molecular weight is 915 g/mol. The third kappa shape index (κ3) is 14.5. The van der Waals surface area contributed by atoms with Crippen LogP contribution in [0.1, 0.15) is 201 Å². The molecule has 62 heavy (non-hydrogen) atoms. The Balaban J connectivity index is 0.00000273. The normalized spacial score (nSPS) is 13.8. The summed E-state index contributed by atoms with van der Waals surface area (Å²) in [6.45, 7) is 27.2. The summed E-state index contributed by atoms with van der Waals surface area (Å²) >= 11 is 0.194. The molecule has 0 N–H and O–H groups in total. The minimum absolute atomic E-state index is 0.194. The van der Waals surface area contributed by atoms with Crippen molar-refractivity contribution in [3.8, 4) is 0 Å². The van der Waals surface area contributed by atoms with Gasteiger partial charge in [0.25, 0.3) is 0 Å². The summed E-state index contributed by atoms with van der Waals surface area (Å²) in [5, 5.41) is 0. The number of aromatic nitrogens is 1. The predicted octanol–water partition coefficient (Wildman–Crippen LogP) is 17.9. The molecule has 3 unspecified atom stereocenters. The SMILES string of the molecule is CCC(CCC(Cc1cc(C(C)C)c(N=C(C)c2cccc(C(C)=Nc3c(C(C)C)cccc3C(C)C)n2)c(C(C)C)c1)CC(CC)c1ccccc1)c1ccccc1.[Cl][Fe][Cl]. The first-order valence-corrected chi connectivity index (χ1v) is 26.1. The van der Waals surface area contributed by atoms with Crippen molar-refractivity contribution in [3.05, 3.63) is 160 Å². The Morgan fingerprint density at radius 3 is 1.35 bits per heavy atom. The van der Waals surface area contributed by atoms with Crippen LogP contribution < -0.4 is 0 Å². The van der Waals surface area contributed by atoms with Gasteiger partial charge in [-0.3, -0.25) is 9.98 Å². The van der Waals surface area contributed by atoms with Crippen LogP contribution in [0.15, 0.2) is 119 Å². The molecule has 0 bridgehead atoms. The number of benzene rings is 4. The number of aliphatic imine (C=N–C) groups is 2. The van der Waals surface area contributed by atoms with E-state index in [0.717, 1.165) is 47.0 Å². The third-order valence-corrected chi connectivity index (χ3v) is 12.5. The van der Waals surface area contributed by atoms with Gasteiger partial charge in [-0.05, 0) is 145 Å². The first-order chi connectivity index (χ1) is 29.7. The van der Waals surface area contributed by atoms with Gasteiger partial charge in [0.1, 0.15) is 0 Å². The molecule has 0 amide bonds. The Labute approximate surface area is 391 Å². The van der Waals surface area contributed by atoms with Crippen molar-refractivity contribution in [3.63, 3.8) is 0 Å². The van der Waals surface area contributed by atoms with Crippen molar-refractivity contribution >= 4 is 43.0 Å². The van der Waals surface area contributed by atoms with E-state index >= 15 is 0 Å². The van der Waals surface area contributed by atoms with Crippen LogP contribution in [-0.2, 0) is 19.6 Å². The molecule has 6 heteroatoms. The second-order valence-electron chi connectivity index (χ2n) is 18.3. The van der Waals surface area contributed by atoms with Gasteiger partial charge in [0.05, 0.1) is 34.2 Å². The molecular formula is C56H73Cl2FeN3. The molecule has 4 aromatic carbocycles. The zero-order chi connectivity index (χ0) is 45.3. The molecule has 0 aliphatic carbocycles. The molecule has 0 fully saturated rings. The van der Waals surface area contributed by atoms with E-state index in [1.807, 2.05) is 0 Å². The van der Waals surface area contributed by atoms with Gasteiger partial charge < -0.3 is 0 Å². The number of hydrogen-bond donors (Lipinski definition) is 0. The zero-order valence-corrected chi connectivity index (χ0v) is 42.2. The molecule has 1 aromatic heterocycles. The Morgan fingerprint density at radius 2 is 0.935 bits per heavy atom. The number of halogens is 2. The quantitative estimate of drug-likeness (QED) is 0.0601. The van der Waals surface area contributed by atoms with Crippen molar-refractivity contribution in [2.75, 3.05) is 0 Å². The van der Waals surface area contributed by atoms with Gasteiger partial charge in [0, 0.05) is 0 Å². The van der Waals surface area contributed by atoms with Crippen molar-refractivity contribution in [2.45, 2.75) is 157 Å². The first kappa shape index (κ1) is 51.1. The van der Waals surface area contributed by atoms with Gasteiger partial charge in [-0.15, -0.1) is 0 Å². The van der Waals surface area contributed by atoms with E-state index in [0.29, 0.717) is 41.4 Å². The molecule has 3 atom stereocenters. The van der Waals surface area contributed by atoms with Crippen LogP contribution >= 0.6 is 20.2 Å². The molecule has 3 nitrogen and oxygen atoms in total. The third-order valence-electron chi connectivity index (χ3n) is 12.5. The molecular weight excluding hydrogens is 841 g/mol. The van der Waals surface area contributed by atoms with Gasteiger partial charge in [0.15, 0.2) is 0 Å². The maximum absolute atomic E-state index is 5.47. The zero-order valence-electron chi connectivity index (χ0n) is 39.6. The summed E-state index contributed by atoms with van der Waals surface area (Å²) in [6.07, 6.45) is 7.04. The summed E-state index contributed by atoms with van der Waals surface area (Å²) in [4.78, 5) is 15.9. The van der Waals surface area contributed by atoms with Crippen molar-refractivity contribution in [1.82, 2.24) is 4.98 Å². The summed E-state index contributed by atoms with van der Waals surface area (Å²) in [7, 11) is 9.53. The van der Waals surface area contributed by atoms with Gasteiger partial charge in [0.2, 0.25) is 0 Å². The van der Waals surface area contributed by atoms with Crippen LogP contribution in [0.4, 0.5) is 11.4 Å². The minimum atomic E-state index is 0.194. The Kier molecular flexibility index (Phi) is 21.2. The van der Waals surface area contributed by atoms with E-state index in [2.05, 4.69) is 192 Å². The summed E-state index contributed by atoms with van der Waals surface area (Å²) in [6, 6.07) is 40.3. The number of para-hydroxylation sites is 1. The fourth-order valence-corrected chi connectivity index (χ4v) is 8.87. The van der Waals surface area contributed by atoms with Gasteiger partial charge >= 0.3 is 33.3 Å². The molecule has 0 radical (unpaired) electrons. The Morgan fingerprint density at radius 1 is 0.532 bits per heavy atom. The topological polar surface area (TPSA) is 37.6 Å². The van der Waals surface area contributed by atoms with E-state index < -0.39 is 0 Å². The molecule has 5 aromatic rings. The number of pyridine rings is 1. The number of nitrogens with zero attached hydrogens (tertiary/aromatic N) is 3. The predicted molar refractivity (Wildman–Crippen MR) is 269 cm³/mol. The van der Waals surface area contributed by atoms with Crippen molar-refractivity contribution in [2.24, 2.45) is 15.9 Å². The molecule has 0 saturated heterocycles. The summed E-state index contributed by atoms with van der Waals surface area (Å²) in [5.41, 5.74) is 15.4. The molecule has 0 aliphatic rings. The van der Waals surface area contributed by atoms with Crippen molar-refractivity contribution in [1.29, 1.82) is 0 Å². The average Bonchev–Trinajstić information content (AvgIpc) is 3.26. The van der Waals surface area contributed by atoms with Crippen LogP contribution in [-0.4, -0.2) is 16.4 Å². The second-order valence-corrected chi connectivity index (χ2v) is 20.1. The van der Waals surface area contributed by atoms with Crippen LogP contribution in [0.5, 0.6) is 0 Å². The molecule has 0 spiro atoms. The Hall–Kier alpha value is -3.53.